The van der Waals surface area contributed by atoms with Crippen molar-refractivity contribution in [3.8, 4) is 0 Å². The number of anilines is 1. The summed E-state index contributed by atoms with van der Waals surface area (Å²) in [5, 5.41) is 7.41. The summed E-state index contributed by atoms with van der Waals surface area (Å²) in [6, 6.07) is 6.35. The van der Waals surface area contributed by atoms with Crippen LogP contribution < -0.4 is 10.7 Å². The lowest BCUT2D eigenvalue weighted by Crippen LogP contribution is -2.24. The summed E-state index contributed by atoms with van der Waals surface area (Å²) in [5.74, 6) is 0.651. The lowest BCUT2D eigenvalue weighted by molar-refractivity contribution is 0.261. The highest BCUT2D eigenvalue weighted by Crippen LogP contribution is 2.24. The van der Waals surface area contributed by atoms with Crippen LogP contribution in [0.4, 0.5) is 10.5 Å². The fourth-order valence-electron chi connectivity index (χ4n) is 2.11. The molecule has 1 amide bonds. The molecule has 88 valence electrons. The van der Waals surface area contributed by atoms with Crippen molar-refractivity contribution in [1.29, 1.82) is 0 Å². The number of thioether (sulfide) groups is 1. The van der Waals surface area contributed by atoms with E-state index in [0.717, 1.165) is 24.2 Å². The number of rotatable bonds is 1. The fourth-order valence-corrected chi connectivity index (χ4v) is 2.72. The second-order valence-electron chi connectivity index (χ2n) is 4.15. The van der Waals surface area contributed by atoms with Crippen LogP contribution in [0.2, 0.25) is 0 Å². The molecule has 0 unspecified atom stereocenters. The molecule has 2 N–H and O–H groups in total. The number of fused-ring (bicyclic) bond motifs is 1. The number of nitrogens with zero attached hydrogens (tertiary/aromatic N) is 1. The Morgan fingerprint density at radius 3 is 3.12 bits per heavy atom. The predicted molar refractivity (Wildman–Crippen MR) is 70.8 cm³/mol. The van der Waals surface area contributed by atoms with Crippen LogP contribution in [-0.2, 0) is 6.42 Å². The highest BCUT2D eigenvalue weighted by molar-refractivity contribution is 8.14. The SMILES string of the molecule is O=C1NN=C(c2ccc3c(c2)CCCN3)CS1. The van der Waals surface area contributed by atoms with E-state index in [1.165, 1.54) is 29.4 Å². The van der Waals surface area contributed by atoms with Gasteiger partial charge in [0.1, 0.15) is 0 Å². The molecule has 0 spiro atoms. The zero-order valence-corrected chi connectivity index (χ0v) is 10.1. The van der Waals surface area contributed by atoms with E-state index in [4.69, 9.17) is 0 Å². The summed E-state index contributed by atoms with van der Waals surface area (Å²) >= 11 is 1.26. The van der Waals surface area contributed by atoms with Gasteiger partial charge in [0, 0.05) is 18.0 Å². The summed E-state index contributed by atoms with van der Waals surface area (Å²) < 4.78 is 0. The maximum absolute atomic E-state index is 11.0. The van der Waals surface area contributed by atoms with Crippen molar-refractivity contribution in [1.82, 2.24) is 5.43 Å². The van der Waals surface area contributed by atoms with Gasteiger partial charge in [0.2, 0.25) is 0 Å². The van der Waals surface area contributed by atoms with Crippen LogP contribution in [0.25, 0.3) is 0 Å². The van der Waals surface area contributed by atoms with Gasteiger partial charge >= 0.3 is 0 Å². The van der Waals surface area contributed by atoms with Crippen molar-refractivity contribution in [2.75, 3.05) is 17.6 Å². The molecule has 0 aromatic heterocycles. The van der Waals surface area contributed by atoms with Crippen molar-refractivity contribution in [2.45, 2.75) is 12.8 Å². The van der Waals surface area contributed by atoms with Crippen molar-refractivity contribution in [3.05, 3.63) is 29.3 Å². The van der Waals surface area contributed by atoms with Gasteiger partial charge in [0.05, 0.1) is 5.71 Å². The molecule has 2 aliphatic rings. The predicted octanol–water partition coefficient (Wildman–Crippen LogP) is 2.21. The molecular formula is C12H13N3OS. The van der Waals surface area contributed by atoms with Gasteiger partial charge in [-0.05, 0) is 36.1 Å². The van der Waals surface area contributed by atoms with Crippen LogP contribution in [0, 0.1) is 0 Å². The molecule has 0 atom stereocenters. The largest absolute Gasteiger partial charge is 0.385 e. The van der Waals surface area contributed by atoms with Crippen molar-refractivity contribution in [3.63, 3.8) is 0 Å². The second-order valence-corrected chi connectivity index (χ2v) is 5.10. The molecule has 0 fully saturated rings. The molecule has 3 rings (SSSR count). The summed E-state index contributed by atoms with van der Waals surface area (Å²) in [6.45, 7) is 1.05. The van der Waals surface area contributed by atoms with Crippen LogP contribution in [0.1, 0.15) is 17.5 Å². The Labute approximate surface area is 104 Å². The molecule has 1 aromatic carbocycles. The molecule has 0 radical (unpaired) electrons. The van der Waals surface area contributed by atoms with Crippen molar-refractivity contribution < 1.29 is 4.79 Å². The highest BCUT2D eigenvalue weighted by atomic mass is 32.2. The normalized spacial score (nSPS) is 18.8. The Morgan fingerprint density at radius 1 is 1.35 bits per heavy atom. The van der Waals surface area contributed by atoms with E-state index in [2.05, 4.69) is 34.0 Å². The molecule has 1 aromatic rings. The van der Waals surface area contributed by atoms with E-state index in [-0.39, 0.29) is 5.24 Å². The standard InChI is InChI=1S/C12H13N3OS/c16-12-15-14-11(7-17-12)9-3-4-10-8(6-9)2-1-5-13-10/h3-4,6,13H,1-2,5,7H2,(H,15,16). The smallest absolute Gasteiger partial charge is 0.299 e. The van der Waals surface area contributed by atoms with E-state index >= 15 is 0 Å². The molecule has 0 bridgehead atoms. The summed E-state index contributed by atoms with van der Waals surface area (Å²) in [6.07, 6.45) is 2.29. The Bertz CT molecular complexity index is 499. The molecule has 2 heterocycles. The van der Waals surface area contributed by atoms with Crippen LogP contribution in [0.15, 0.2) is 23.3 Å². The molecule has 5 heteroatoms. The monoisotopic (exact) mass is 247 g/mol. The minimum Gasteiger partial charge on any atom is -0.385 e. The first-order valence-corrected chi connectivity index (χ1v) is 6.68. The van der Waals surface area contributed by atoms with Crippen LogP contribution >= 0.6 is 11.8 Å². The summed E-state index contributed by atoms with van der Waals surface area (Å²) in [4.78, 5) is 11.0. The maximum Gasteiger partial charge on any atom is 0.299 e. The van der Waals surface area contributed by atoms with Gasteiger partial charge in [0.25, 0.3) is 5.24 Å². The number of amides is 1. The van der Waals surface area contributed by atoms with Crippen molar-refractivity contribution >= 4 is 28.4 Å². The van der Waals surface area contributed by atoms with E-state index in [1.807, 2.05) is 0 Å². The quantitative estimate of drug-likeness (QED) is 0.800. The third kappa shape index (κ3) is 2.15. The Morgan fingerprint density at radius 2 is 2.29 bits per heavy atom. The molecular weight excluding hydrogens is 234 g/mol. The van der Waals surface area contributed by atoms with E-state index in [1.54, 1.807) is 0 Å². The van der Waals surface area contributed by atoms with E-state index < -0.39 is 0 Å². The van der Waals surface area contributed by atoms with Gasteiger partial charge < -0.3 is 5.32 Å². The zero-order valence-electron chi connectivity index (χ0n) is 9.32. The first-order chi connectivity index (χ1) is 8.33. The molecule has 0 saturated heterocycles. The van der Waals surface area contributed by atoms with Crippen molar-refractivity contribution in [2.24, 2.45) is 5.10 Å². The zero-order chi connectivity index (χ0) is 11.7. The second kappa shape index (κ2) is 4.41. The summed E-state index contributed by atoms with van der Waals surface area (Å²) in [5.41, 5.74) is 7.14. The number of hydrazone groups is 1. The first-order valence-electron chi connectivity index (χ1n) is 5.69. The first kappa shape index (κ1) is 10.7. The fraction of sp³-hybridized carbons (Fsp3) is 0.333. The third-order valence-electron chi connectivity index (χ3n) is 3.00. The third-order valence-corrected chi connectivity index (χ3v) is 3.77. The van der Waals surface area contributed by atoms with Gasteiger partial charge in [-0.3, -0.25) is 4.79 Å². The number of hydrogen-bond donors (Lipinski definition) is 2. The van der Waals surface area contributed by atoms with E-state index in [9.17, 15) is 4.79 Å². The molecule has 17 heavy (non-hydrogen) atoms. The number of hydrogen-bond acceptors (Lipinski definition) is 4. The van der Waals surface area contributed by atoms with Gasteiger partial charge in [-0.1, -0.05) is 17.8 Å². The summed E-state index contributed by atoms with van der Waals surface area (Å²) in [7, 11) is 0. The van der Waals surface area contributed by atoms with Gasteiger partial charge in [-0.15, -0.1) is 0 Å². The molecule has 0 aliphatic carbocycles. The van der Waals surface area contributed by atoms with E-state index in [0.29, 0.717) is 5.75 Å². The Kier molecular flexibility index (Phi) is 2.76. The molecule has 2 aliphatic heterocycles. The van der Waals surface area contributed by atoms with Crippen LogP contribution in [0.3, 0.4) is 0 Å². The molecule has 0 saturated carbocycles. The average molecular weight is 247 g/mol. The molecule has 4 nitrogen and oxygen atoms in total. The van der Waals surface area contributed by atoms with Gasteiger partial charge in [-0.25, -0.2) is 5.43 Å². The lowest BCUT2D eigenvalue weighted by atomic mass is 9.99. The minimum absolute atomic E-state index is 0.0756. The lowest BCUT2D eigenvalue weighted by Gasteiger charge is -2.19. The van der Waals surface area contributed by atoms with Crippen LogP contribution in [0.5, 0.6) is 0 Å². The number of carbonyl (C=O) groups is 1. The average Bonchev–Trinajstić information content (AvgIpc) is 2.39. The minimum atomic E-state index is -0.0756. The van der Waals surface area contributed by atoms with Gasteiger partial charge in [-0.2, -0.15) is 5.10 Å². The number of benzene rings is 1. The Hall–Kier alpha value is -1.49. The van der Waals surface area contributed by atoms with Crippen LogP contribution in [-0.4, -0.2) is 23.2 Å². The van der Waals surface area contributed by atoms with Gasteiger partial charge in [0.15, 0.2) is 0 Å². The number of carbonyl (C=O) groups excluding carboxylic acids is 1. The topological polar surface area (TPSA) is 53.5 Å². The highest BCUT2D eigenvalue weighted by Gasteiger charge is 2.16. The number of aryl methyl sites for hydroxylation is 1. The number of nitrogens with one attached hydrogen (secondary N) is 2. The Balaban J connectivity index is 1.91. The maximum atomic E-state index is 11.0.